The summed E-state index contributed by atoms with van der Waals surface area (Å²) in [6.07, 6.45) is 2.87. The van der Waals surface area contributed by atoms with Gasteiger partial charge in [0.1, 0.15) is 6.61 Å². The molecule has 0 atom stereocenters. The maximum atomic E-state index is 12.6. The predicted molar refractivity (Wildman–Crippen MR) is 138 cm³/mol. The zero-order chi connectivity index (χ0) is 25.7. The van der Waals surface area contributed by atoms with E-state index in [-0.39, 0.29) is 18.1 Å². The van der Waals surface area contributed by atoms with E-state index in [1.807, 2.05) is 70.2 Å². The number of rotatable bonds is 7. The second-order valence-corrected chi connectivity index (χ2v) is 9.86. The molecule has 4 aromatic rings. The van der Waals surface area contributed by atoms with E-state index in [0.29, 0.717) is 18.7 Å². The number of aromatic nitrogens is 3. The smallest absolute Gasteiger partial charge is 0.407 e. The molecule has 0 saturated heterocycles. The molecule has 0 aliphatic heterocycles. The summed E-state index contributed by atoms with van der Waals surface area (Å²) in [5, 5.41) is 11.1. The summed E-state index contributed by atoms with van der Waals surface area (Å²) in [6.45, 7) is 8.79. The molecule has 36 heavy (non-hydrogen) atoms. The number of benzene rings is 2. The Morgan fingerprint density at radius 2 is 1.69 bits per heavy atom. The highest BCUT2D eigenvalue weighted by molar-refractivity contribution is 5.93. The molecule has 0 unspecified atom stereocenters. The maximum absolute atomic E-state index is 12.6. The molecule has 0 aliphatic carbocycles. The van der Waals surface area contributed by atoms with Crippen molar-refractivity contribution in [1.29, 1.82) is 0 Å². The number of amides is 2. The molecule has 2 aromatic heterocycles. The predicted octanol–water partition coefficient (Wildman–Crippen LogP) is 4.74. The number of fused-ring (bicyclic) bond motifs is 1. The van der Waals surface area contributed by atoms with Gasteiger partial charge in [-0.15, -0.1) is 0 Å². The van der Waals surface area contributed by atoms with Gasteiger partial charge in [0.15, 0.2) is 0 Å². The van der Waals surface area contributed by atoms with Gasteiger partial charge in [-0.1, -0.05) is 36.4 Å². The van der Waals surface area contributed by atoms with Gasteiger partial charge in [-0.05, 0) is 62.6 Å². The Hall–Kier alpha value is -4.20. The van der Waals surface area contributed by atoms with E-state index in [1.165, 1.54) is 0 Å². The minimum absolute atomic E-state index is 0.182. The molecule has 0 fully saturated rings. The number of ether oxygens (including phenoxy) is 1. The van der Waals surface area contributed by atoms with Crippen LogP contribution in [0.4, 0.5) is 4.79 Å². The van der Waals surface area contributed by atoms with Crippen LogP contribution >= 0.6 is 0 Å². The zero-order valence-electron chi connectivity index (χ0n) is 21.0. The molecule has 0 radical (unpaired) electrons. The van der Waals surface area contributed by atoms with E-state index >= 15 is 0 Å². The number of hydrogen-bond acceptors (Lipinski definition) is 5. The Morgan fingerprint density at radius 3 is 2.44 bits per heavy atom. The Bertz CT molecular complexity index is 1370. The first kappa shape index (κ1) is 24.9. The van der Waals surface area contributed by atoms with E-state index in [1.54, 1.807) is 17.1 Å². The van der Waals surface area contributed by atoms with Crippen LogP contribution in [0.5, 0.6) is 0 Å². The quantitative estimate of drug-likeness (QED) is 0.394. The van der Waals surface area contributed by atoms with Crippen LogP contribution in [-0.4, -0.2) is 32.3 Å². The monoisotopic (exact) mass is 485 g/mol. The number of carbonyl (C=O) groups is 2. The SMILES string of the molecule is Cc1ccc2cc(Cn3cc(C(=O)NCc4ccc(COC(=O)NC(C)(C)C)cc4)cn3)ccc2n1. The normalized spacial score (nSPS) is 11.3. The summed E-state index contributed by atoms with van der Waals surface area (Å²) >= 11 is 0. The maximum Gasteiger partial charge on any atom is 0.407 e. The summed E-state index contributed by atoms with van der Waals surface area (Å²) in [5.41, 5.74) is 5.01. The number of pyridine rings is 1. The third-order valence-electron chi connectivity index (χ3n) is 5.46. The lowest BCUT2D eigenvalue weighted by atomic mass is 10.1. The minimum Gasteiger partial charge on any atom is -0.445 e. The van der Waals surface area contributed by atoms with Gasteiger partial charge in [-0.3, -0.25) is 14.5 Å². The van der Waals surface area contributed by atoms with Crippen LogP contribution in [0.2, 0.25) is 0 Å². The number of nitrogens with one attached hydrogen (secondary N) is 2. The third-order valence-corrected chi connectivity index (χ3v) is 5.46. The topological polar surface area (TPSA) is 98.1 Å². The van der Waals surface area contributed by atoms with Crippen LogP contribution in [0, 0.1) is 6.92 Å². The van der Waals surface area contributed by atoms with Gasteiger partial charge < -0.3 is 15.4 Å². The van der Waals surface area contributed by atoms with Crippen LogP contribution in [-0.2, 0) is 24.4 Å². The largest absolute Gasteiger partial charge is 0.445 e. The lowest BCUT2D eigenvalue weighted by Gasteiger charge is -2.19. The van der Waals surface area contributed by atoms with E-state index < -0.39 is 6.09 Å². The zero-order valence-corrected chi connectivity index (χ0v) is 21.0. The first-order chi connectivity index (χ1) is 17.1. The van der Waals surface area contributed by atoms with Crippen LogP contribution in [0.3, 0.4) is 0 Å². The first-order valence-corrected chi connectivity index (χ1v) is 11.8. The standard InChI is InChI=1S/C28H31N5O3/c1-19-5-11-23-13-22(10-12-25(23)31-19)16-33-17-24(15-30-33)26(34)29-14-20-6-8-21(9-7-20)18-36-27(35)32-28(2,3)4/h5-13,15,17H,14,16,18H2,1-4H3,(H,29,34)(H,32,35). The molecule has 2 N–H and O–H groups in total. The summed E-state index contributed by atoms with van der Waals surface area (Å²) in [6, 6.07) is 17.8. The molecular weight excluding hydrogens is 454 g/mol. The second-order valence-electron chi connectivity index (χ2n) is 9.86. The van der Waals surface area contributed by atoms with Gasteiger partial charge in [0.25, 0.3) is 5.91 Å². The van der Waals surface area contributed by atoms with E-state index in [9.17, 15) is 9.59 Å². The summed E-state index contributed by atoms with van der Waals surface area (Å²) in [4.78, 5) is 28.9. The van der Waals surface area contributed by atoms with Gasteiger partial charge in [-0.2, -0.15) is 5.10 Å². The Balaban J connectivity index is 1.27. The molecule has 2 heterocycles. The summed E-state index contributed by atoms with van der Waals surface area (Å²) in [5.74, 6) is -0.189. The number of alkyl carbamates (subject to hydrolysis) is 1. The van der Waals surface area contributed by atoms with Crippen molar-refractivity contribution in [3.05, 3.63) is 94.9 Å². The summed E-state index contributed by atoms with van der Waals surface area (Å²) < 4.78 is 6.99. The average Bonchev–Trinajstić information content (AvgIpc) is 3.29. The van der Waals surface area contributed by atoms with Crippen molar-refractivity contribution in [2.45, 2.75) is 52.9 Å². The second kappa shape index (κ2) is 10.6. The minimum atomic E-state index is -0.452. The molecule has 4 rings (SSSR count). The lowest BCUT2D eigenvalue weighted by molar-refractivity contribution is 0.0950. The Kier molecular flexibility index (Phi) is 7.33. The number of carbonyl (C=O) groups excluding carboxylic acids is 2. The fourth-order valence-corrected chi connectivity index (χ4v) is 3.66. The number of nitrogens with zero attached hydrogens (tertiary/aromatic N) is 3. The highest BCUT2D eigenvalue weighted by Crippen LogP contribution is 2.16. The Labute approximate surface area is 210 Å². The van der Waals surface area contributed by atoms with Crippen molar-refractivity contribution >= 4 is 22.9 Å². The third kappa shape index (κ3) is 6.91. The van der Waals surface area contributed by atoms with Crippen LogP contribution < -0.4 is 10.6 Å². The molecule has 0 aliphatic rings. The van der Waals surface area contributed by atoms with E-state index in [4.69, 9.17) is 4.74 Å². The van der Waals surface area contributed by atoms with Crippen molar-refractivity contribution < 1.29 is 14.3 Å². The van der Waals surface area contributed by atoms with Crippen molar-refractivity contribution in [3.8, 4) is 0 Å². The number of hydrogen-bond donors (Lipinski definition) is 2. The van der Waals surface area contributed by atoms with E-state index in [0.717, 1.165) is 33.3 Å². The molecule has 0 bridgehead atoms. The number of aryl methyl sites for hydroxylation is 1. The first-order valence-electron chi connectivity index (χ1n) is 11.8. The average molecular weight is 486 g/mol. The van der Waals surface area contributed by atoms with Gasteiger partial charge in [0.05, 0.1) is 23.8 Å². The van der Waals surface area contributed by atoms with Crippen LogP contribution in [0.1, 0.15) is 53.5 Å². The molecule has 0 saturated carbocycles. The fraction of sp³-hybridized carbons (Fsp3) is 0.286. The van der Waals surface area contributed by atoms with Crippen molar-refractivity contribution in [2.24, 2.45) is 0 Å². The van der Waals surface area contributed by atoms with E-state index in [2.05, 4.69) is 32.8 Å². The van der Waals surface area contributed by atoms with Gasteiger partial charge >= 0.3 is 6.09 Å². The highest BCUT2D eigenvalue weighted by atomic mass is 16.5. The fourth-order valence-electron chi connectivity index (χ4n) is 3.66. The van der Waals surface area contributed by atoms with Gasteiger partial charge in [0.2, 0.25) is 0 Å². The van der Waals surface area contributed by atoms with Crippen molar-refractivity contribution in [2.75, 3.05) is 0 Å². The van der Waals surface area contributed by atoms with Gasteiger partial charge in [-0.25, -0.2) is 4.79 Å². The highest BCUT2D eigenvalue weighted by Gasteiger charge is 2.14. The van der Waals surface area contributed by atoms with Crippen molar-refractivity contribution in [1.82, 2.24) is 25.4 Å². The Morgan fingerprint density at radius 1 is 0.972 bits per heavy atom. The van der Waals surface area contributed by atoms with Gasteiger partial charge in [0, 0.05) is 29.4 Å². The van der Waals surface area contributed by atoms with Crippen LogP contribution in [0.25, 0.3) is 10.9 Å². The molecule has 2 amide bonds. The molecule has 8 heteroatoms. The molecule has 186 valence electrons. The lowest BCUT2D eigenvalue weighted by Crippen LogP contribution is -2.40. The van der Waals surface area contributed by atoms with Crippen LogP contribution in [0.15, 0.2) is 67.0 Å². The molecule has 8 nitrogen and oxygen atoms in total. The molecule has 2 aromatic carbocycles. The molecular formula is C28H31N5O3. The molecule has 0 spiro atoms. The summed E-state index contributed by atoms with van der Waals surface area (Å²) in [7, 11) is 0. The van der Waals surface area contributed by atoms with Crippen molar-refractivity contribution in [3.63, 3.8) is 0 Å².